The van der Waals surface area contributed by atoms with Crippen LogP contribution in [0.1, 0.15) is 17.5 Å². The Hall–Kier alpha value is -4.25. The van der Waals surface area contributed by atoms with Gasteiger partial charge in [-0.25, -0.2) is 8.42 Å². The van der Waals surface area contributed by atoms with Gasteiger partial charge in [0.05, 0.1) is 44.2 Å². The van der Waals surface area contributed by atoms with E-state index in [4.69, 9.17) is 30.5 Å². The molecule has 0 bridgehead atoms. The first-order valence-electron chi connectivity index (χ1n) is 14.6. The molecule has 49 heavy (non-hydrogen) atoms. The molecule has 0 aliphatic carbocycles. The van der Waals surface area contributed by atoms with Gasteiger partial charge in [0.1, 0.15) is 27.9 Å². The predicted molar refractivity (Wildman–Crippen MR) is 171 cm³/mol. The maximum atomic E-state index is 15.4. The molecule has 0 unspecified atom stereocenters. The summed E-state index contributed by atoms with van der Waals surface area (Å²) in [7, 11) is 3.34. The van der Waals surface area contributed by atoms with Crippen LogP contribution < -0.4 is 23.3 Å². The van der Waals surface area contributed by atoms with Crippen molar-refractivity contribution in [2.75, 3.05) is 53.4 Å². The molecule has 2 aliphatic rings. The minimum atomic E-state index is -5.23. The Balaban J connectivity index is 1.93. The van der Waals surface area contributed by atoms with Gasteiger partial charge >= 0.3 is 6.36 Å². The van der Waals surface area contributed by atoms with E-state index < -0.39 is 67.2 Å². The van der Waals surface area contributed by atoms with Gasteiger partial charge in [0.15, 0.2) is 5.54 Å². The van der Waals surface area contributed by atoms with Crippen LogP contribution in [0.15, 0.2) is 59.5 Å². The van der Waals surface area contributed by atoms with Crippen molar-refractivity contribution < 1.29 is 54.9 Å². The quantitative estimate of drug-likeness (QED) is 0.297. The summed E-state index contributed by atoms with van der Waals surface area (Å²) < 4.78 is 96.7. The Morgan fingerprint density at radius 3 is 2.20 bits per heavy atom. The van der Waals surface area contributed by atoms with E-state index in [1.165, 1.54) is 76.6 Å². The number of carbonyl (C=O) groups excluding carboxylic acids is 2. The lowest BCUT2D eigenvalue weighted by molar-refractivity contribution is -0.274. The van der Waals surface area contributed by atoms with Crippen LogP contribution in [0.4, 0.5) is 18.9 Å². The Kier molecular flexibility index (Phi) is 9.73. The molecule has 264 valence electrons. The summed E-state index contributed by atoms with van der Waals surface area (Å²) in [6.07, 6.45) is -5.75. The summed E-state index contributed by atoms with van der Waals surface area (Å²) in [5.41, 5.74) is -2.78. The average molecular weight is 728 g/mol. The van der Waals surface area contributed by atoms with Crippen LogP contribution in [-0.4, -0.2) is 97.6 Å². The fourth-order valence-electron chi connectivity index (χ4n) is 6.41. The summed E-state index contributed by atoms with van der Waals surface area (Å²) in [5.74, 6) is -2.43. The Morgan fingerprint density at radius 2 is 1.61 bits per heavy atom. The summed E-state index contributed by atoms with van der Waals surface area (Å²) in [4.78, 5) is 31.5. The molecule has 12 nitrogen and oxygen atoms in total. The van der Waals surface area contributed by atoms with E-state index in [1.54, 1.807) is 12.1 Å². The van der Waals surface area contributed by atoms with Crippen molar-refractivity contribution in [1.82, 2.24) is 9.80 Å². The van der Waals surface area contributed by atoms with Crippen LogP contribution in [0, 0.1) is 0 Å². The van der Waals surface area contributed by atoms with Crippen LogP contribution in [0.25, 0.3) is 0 Å². The minimum absolute atomic E-state index is 0.0812. The van der Waals surface area contributed by atoms with Gasteiger partial charge < -0.3 is 28.6 Å². The topological polar surface area (TPSA) is 124 Å². The summed E-state index contributed by atoms with van der Waals surface area (Å²) in [6, 6.07) is 10.7. The van der Waals surface area contributed by atoms with E-state index in [9.17, 15) is 26.4 Å². The number of para-hydroxylation sites is 1. The number of halogens is 4. The number of hydrogen-bond donors (Lipinski definition) is 0. The molecule has 5 rings (SSSR count). The summed E-state index contributed by atoms with van der Waals surface area (Å²) in [6.45, 7) is -0.0812. The van der Waals surface area contributed by atoms with Crippen molar-refractivity contribution in [3.63, 3.8) is 0 Å². The highest BCUT2D eigenvalue weighted by Crippen LogP contribution is 2.57. The van der Waals surface area contributed by atoms with Gasteiger partial charge in [0.2, 0.25) is 5.91 Å². The summed E-state index contributed by atoms with van der Waals surface area (Å²) in [5, 5.41) is -0.581. The Morgan fingerprint density at radius 1 is 0.939 bits per heavy atom. The number of nitrogens with zero attached hydrogens (tertiary/aromatic N) is 3. The average Bonchev–Trinajstić information content (AvgIpc) is 3.60. The number of amides is 2. The third-order valence-electron chi connectivity index (χ3n) is 8.52. The molecule has 0 saturated carbocycles. The van der Waals surface area contributed by atoms with Crippen molar-refractivity contribution in [1.29, 1.82) is 0 Å². The number of sulfonamides is 1. The molecule has 0 radical (unpaired) electrons. The van der Waals surface area contributed by atoms with E-state index in [-0.39, 0.29) is 41.3 Å². The molecule has 2 amide bonds. The van der Waals surface area contributed by atoms with Gasteiger partial charge in [-0.1, -0.05) is 29.8 Å². The van der Waals surface area contributed by atoms with Gasteiger partial charge in [-0.3, -0.25) is 14.5 Å². The smallest absolute Gasteiger partial charge is 0.497 e. The molecule has 1 fully saturated rings. The maximum absolute atomic E-state index is 15.4. The highest BCUT2D eigenvalue weighted by Gasteiger charge is 2.64. The molecule has 2 heterocycles. The van der Waals surface area contributed by atoms with E-state index in [0.29, 0.717) is 4.31 Å². The molecular formula is C32H33ClF3N3O9S. The molecule has 2 aliphatic heterocycles. The maximum Gasteiger partial charge on any atom is 0.573 e. The molecule has 1 saturated heterocycles. The highest BCUT2D eigenvalue weighted by atomic mass is 35.5. The third kappa shape index (κ3) is 6.00. The standard InChI is InChI=1S/C32H33ClF3N3O9S/c1-37(2)29(40)24-13-19(45-4)17-38(24)31(20-9-7-8-10-25(20)46-5)21-15-22(33)26(48-32(34,35)36)16-23(21)39(30(31)41)49(42,43)28-12-11-18(44-3)14-27(28)47-6/h7-12,14-16,19,24H,13,17H2,1-6H3/t19-,24+,31+/m1/s1. The van der Waals surface area contributed by atoms with Crippen LogP contribution in [0.5, 0.6) is 23.0 Å². The van der Waals surface area contributed by atoms with Crippen molar-refractivity contribution in [3.05, 3.63) is 70.7 Å². The fraction of sp³-hybridized carbons (Fsp3) is 0.375. The molecule has 17 heteroatoms. The van der Waals surface area contributed by atoms with Crippen LogP contribution in [-0.2, 0) is 29.9 Å². The number of benzene rings is 3. The molecule has 0 aromatic heterocycles. The highest BCUT2D eigenvalue weighted by molar-refractivity contribution is 7.93. The number of likely N-dealkylation sites (tertiary alicyclic amines) is 1. The SMILES string of the molecule is COc1ccc(S(=O)(=O)N2C(=O)[C@@](c3ccccc3OC)(N3C[C@H](OC)C[C@H]3C(=O)N(C)C)c3cc(Cl)c(OC(F)(F)F)cc32)c(OC)c1. The predicted octanol–water partition coefficient (Wildman–Crippen LogP) is 4.42. The van der Waals surface area contributed by atoms with Gasteiger partial charge in [-0.05, 0) is 30.7 Å². The molecular weight excluding hydrogens is 695 g/mol. The summed E-state index contributed by atoms with van der Waals surface area (Å²) >= 11 is 6.43. The second-order valence-corrected chi connectivity index (χ2v) is 13.5. The number of hydrogen-bond acceptors (Lipinski definition) is 10. The first kappa shape index (κ1) is 36.0. The number of rotatable bonds is 10. The second kappa shape index (κ2) is 13.2. The zero-order chi connectivity index (χ0) is 36.1. The molecule has 0 spiro atoms. The second-order valence-electron chi connectivity index (χ2n) is 11.3. The zero-order valence-corrected chi connectivity index (χ0v) is 28.8. The van der Waals surface area contributed by atoms with Gasteiger partial charge in [-0.15, -0.1) is 13.2 Å². The largest absolute Gasteiger partial charge is 0.573 e. The molecule has 0 N–H and O–H groups in total. The lowest BCUT2D eigenvalue weighted by atomic mass is 9.80. The zero-order valence-electron chi connectivity index (χ0n) is 27.2. The Bertz CT molecular complexity index is 1890. The van der Waals surface area contributed by atoms with Gasteiger partial charge in [-0.2, -0.15) is 4.31 Å². The number of anilines is 1. The van der Waals surface area contributed by atoms with E-state index >= 15 is 4.79 Å². The van der Waals surface area contributed by atoms with Crippen molar-refractivity contribution in [3.8, 4) is 23.0 Å². The number of ether oxygens (including phenoxy) is 5. The van der Waals surface area contributed by atoms with Crippen LogP contribution >= 0.6 is 11.6 Å². The minimum Gasteiger partial charge on any atom is -0.497 e. The number of methoxy groups -OCH3 is 4. The fourth-order valence-corrected chi connectivity index (χ4v) is 8.20. The van der Waals surface area contributed by atoms with E-state index in [2.05, 4.69) is 4.74 Å². The van der Waals surface area contributed by atoms with Crippen molar-refractivity contribution in [2.45, 2.75) is 35.4 Å². The van der Waals surface area contributed by atoms with E-state index in [1.807, 2.05) is 0 Å². The third-order valence-corrected chi connectivity index (χ3v) is 10.5. The number of carbonyl (C=O) groups is 2. The van der Waals surface area contributed by atoms with Crippen LogP contribution in [0.3, 0.4) is 0 Å². The van der Waals surface area contributed by atoms with Crippen molar-refractivity contribution in [2.24, 2.45) is 0 Å². The monoisotopic (exact) mass is 727 g/mol. The number of fused-ring (bicyclic) bond motifs is 1. The number of likely N-dealkylation sites (N-methyl/N-ethyl adjacent to an activating group) is 1. The van der Waals surface area contributed by atoms with Gasteiger partial charge in [0, 0.05) is 51.0 Å². The first-order valence-corrected chi connectivity index (χ1v) is 16.4. The molecule has 3 atom stereocenters. The molecule has 3 aromatic carbocycles. The van der Waals surface area contributed by atoms with Gasteiger partial charge in [0.25, 0.3) is 15.9 Å². The normalized spacial score (nSPS) is 21.0. The van der Waals surface area contributed by atoms with Crippen molar-refractivity contribution >= 4 is 39.1 Å². The number of alkyl halides is 3. The Labute approximate surface area is 285 Å². The molecule has 3 aromatic rings. The van der Waals surface area contributed by atoms with E-state index in [0.717, 1.165) is 18.2 Å². The first-order chi connectivity index (χ1) is 23.1. The van der Waals surface area contributed by atoms with Crippen LogP contribution in [0.2, 0.25) is 5.02 Å². The lowest BCUT2D eigenvalue weighted by Gasteiger charge is -2.42. The lowest BCUT2D eigenvalue weighted by Crippen LogP contribution is -2.59.